The van der Waals surface area contributed by atoms with Crippen molar-refractivity contribution in [3.05, 3.63) is 59.4 Å². The van der Waals surface area contributed by atoms with Crippen molar-refractivity contribution in [2.45, 2.75) is 26.4 Å². The molecule has 2 heterocycles. The van der Waals surface area contributed by atoms with Gasteiger partial charge in [0.25, 0.3) is 0 Å². The highest BCUT2D eigenvalue weighted by Gasteiger charge is 2.10. The highest BCUT2D eigenvalue weighted by molar-refractivity contribution is 6.30. The Labute approximate surface area is 172 Å². The Balaban J connectivity index is 1.27. The average Bonchev–Trinajstić information content (AvgIpc) is 3.30. The number of imidazole rings is 1. The fraction of sp³-hybridized carbons (Fsp3) is 0.250. The highest BCUT2D eigenvalue weighted by atomic mass is 35.5. The van der Waals surface area contributed by atoms with E-state index in [1.54, 1.807) is 12.1 Å². The minimum atomic E-state index is -0.155. The molecule has 2 aromatic carbocycles. The van der Waals surface area contributed by atoms with Gasteiger partial charge in [0, 0.05) is 23.7 Å². The van der Waals surface area contributed by atoms with E-state index in [2.05, 4.69) is 36.3 Å². The molecule has 1 N–H and O–H groups in total. The Bertz CT molecular complexity index is 1130. The number of fused-ring (bicyclic) bond motifs is 1. The normalized spacial score (nSPS) is 11.1. The quantitative estimate of drug-likeness (QED) is 0.474. The number of nitrogens with zero attached hydrogens (tertiary/aromatic N) is 6. The fourth-order valence-electron chi connectivity index (χ4n) is 3.15. The van der Waals surface area contributed by atoms with Crippen LogP contribution in [0.3, 0.4) is 0 Å². The maximum atomic E-state index is 12.2. The van der Waals surface area contributed by atoms with Crippen LogP contribution in [-0.2, 0) is 17.9 Å². The van der Waals surface area contributed by atoms with Gasteiger partial charge in [-0.05, 0) is 55.0 Å². The fourth-order valence-corrected chi connectivity index (χ4v) is 3.28. The van der Waals surface area contributed by atoms with E-state index in [9.17, 15) is 4.79 Å². The number of carbonyl (C=O) groups excluding carboxylic acids is 1. The minimum absolute atomic E-state index is 0.0215. The SMILES string of the molecule is Cc1nc2ccccc2n1CCCNC(=O)Cn1nnc(-c2ccc(Cl)cc2)n1. The molecule has 9 heteroatoms. The molecule has 0 atom stereocenters. The summed E-state index contributed by atoms with van der Waals surface area (Å²) in [6.07, 6.45) is 0.799. The van der Waals surface area contributed by atoms with Gasteiger partial charge in [0.15, 0.2) is 0 Å². The van der Waals surface area contributed by atoms with Gasteiger partial charge in [-0.25, -0.2) is 4.98 Å². The van der Waals surface area contributed by atoms with E-state index in [0.717, 1.165) is 35.4 Å². The maximum Gasteiger partial charge on any atom is 0.243 e. The third-order valence-electron chi connectivity index (χ3n) is 4.57. The van der Waals surface area contributed by atoms with Crippen LogP contribution in [0.15, 0.2) is 48.5 Å². The first kappa shape index (κ1) is 19.1. The van der Waals surface area contributed by atoms with Crippen molar-refractivity contribution in [3.63, 3.8) is 0 Å². The van der Waals surface area contributed by atoms with Crippen molar-refractivity contribution >= 4 is 28.5 Å². The Kier molecular flexibility index (Phi) is 5.53. The van der Waals surface area contributed by atoms with E-state index in [4.69, 9.17) is 11.6 Å². The van der Waals surface area contributed by atoms with Gasteiger partial charge in [0.05, 0.1) is 11.0 Å². The molecule has 8 nitrogen and oxygen atoms in total. The third kappa shape index (κ3) is 4.43. The Hall–Kier alpha value is -3.26. The van der Waals surface area contributed by atoms with Crippen molar-refractivity contribution in [1.29, 1.82) is 0 Å². The molecule has 0 aliphatic heterocycles. The van der Waals surface area contributed by atoms with Crippen molar-refractivity contribution in [2.24, 2.45) is 0 Å². The number of aromatic nitrogens is 6. The largest absolute Gasteiger partial charge is 0.354 e. The Morgan fingerprint density at radius 3 is 2.76 bits per heavy atom. The second-order valence-electron chi connectivity index (χ2n) is 6.65. The number of amides is 1. The lowest BCUT2D eigenvalue weighted by atomic mass is 10.2. The first-order valence-electron chi connectivity index (χ1n) is 9.32. The average molecular weight is 410 g/mol. The van der Waals surface area contributed by atoms with Crippen LogP contribution in [0.1, 0.15) is 12.2 Å². The number of hydrogen-bond acceptors (Lipinski definition) is 5. The smallest absolute Gasteiger partial charge is 0.243 e. The molecule has 1 amide bonds. The summed E-state index contributed by atoms with van der Waals surface area (Å²) in [6, 6.07) is 15.2. The minimum Gasteiger partial charge on any atom is -0.354 e. The van der Waals surface area contributed by atoms with E-state index in [0.29, 0.717) is 17.4 Å². The maximum absolute atomic E-state index is 12.2. The van der Waals surface area contributed by atoms with Gasteiger partial charge in [0.2, 0.25) is 11.7 Å². The monoisotopic (exact) mass is 409 g/mol. The predicted octanol–water partition coefficient (Wildman–Crippen LogP) is 2.86. The van der Waals surface area contributed by atoms with Crippen molar-refractivity contribution < 1.29 is 4.79 Å². The Morgan fingerprint density at radius 2 is 1.93 bits per heavy atom. The molecule has 0 aliphatic rings. The summed E-state index contributed by atoms with van der Waals surface area (Å²) in [6.45, 7) is 3.36. The first-order chi connectivity index (χ1) is 14.1. The van der Waals surface area contributed by atoms with Crippen molar-refractivity contribution in [1.82, 2.24) is 35.1 Å². The molecule has 0 saturated heterocycles. The van der Waals surface area contributed by atoms with Gasteiger partial charge in [-0.2, -0.15) is 4.80 Å². The second kappa shape index (κ2) is 8.40. The van der Waals surface area contributed by atoms with Crippen LogP contribution < -0.4 is 5.32 Å². The van der Waals surface area contributed by atoms with Crippen LogP contribution in [0.2, 0.25) is 5.02 Å². The standard InChI is InChI=1S/C20H20ClN7O/c1-14-23-17-5-2-3-6-18(17)27(14)12-4-11-22-19(29)13-28-25-20(24-26-28)15-7-9-16(21)10-8-15/h2-3,5-10H,4,11-13H2,1H3,(H,22,29). The zero-order valence-electron chi connectivity index (χ0n) is 15.9. The zero-order valence-corrected chi connectivity index (χ0v) is 16.7. The van der Waals surface area contributed by atoms with E-state index in [-0.39, 0.29) is 12.5 Å². The summed E-state index contributed by atoms with van der Waals surface area (Å²) in [5, 5.41) is 15.7. The molecule has 0 spiro atoms. The van der Waals surface area contributed by atoms with Crippen LogP contribution in [0.4, 0.5) is 0 Å². The predicted molar refractivity (Wildman–Crippen MR) is 110 cm³/mol. The number of para-hydroxylation sites is 2. The van der Waals surface area contributed by atoms with E-state index in [1.165, 1.54) is 4.80 Å². The number of carbonyl (C=O) groups is 1. The Morgan fingerprint density at radius 1 is 1.14 bits per heavy atom. The molecule has 29 heavy (non-hydrogen) atoms. The second-order valence-corrected chi connectivity index (χ2v) is 7.09. The summed E-state index contributed by atoms with van der Waals surface area (Å²) in [4.78, 5) is 18.0. The van der Waals surface area contributed by atoms with Gasteiger partial charge in [0.1, 0.15) is 12.4 Å². The summed E-state index contributed by atoms with van der Waals surface area (Å²) in [5.74, 6) is 1.27. The molecular weight excluding hydrogens is 390 g/mol. The lowest BCUT2D eigenvalue weighted by molar-refractivity contribution is -0.122. The van der Waals surface area contributed by atoms with Gasteiger partial charge in [-0.1, -0.05) is 23.7 Å². The molecule has 4 aromatic rings. The third-order valence-corrected chi connectivity index (χ3v) is 4.82. The van der Waals surface area contributed by atoms with Crippen molar-refractivity contribution in [2.75, 3.05) is 6.54 Å². The van der Waals surface area contributed by atoms with Crippen LogP contribution in [0, 0.1) is 6.92 Å². The van der Waals surface area contributed by atoms with E-state index < -0.39 is 0 Å². The molecule has 0 saturated carbocycles. The topological polar surface area (TPSA) is 90.5 Å². The molecule has 4 rings (SSSR count). The van der Waals surface area contributed by atoms with E-state index in [1.807, 2.05) is 37.3 Å². The summed E-state index contributed by atoms with van der Waals surface area (Å²) in [7, 11) is 0. The van der Waals surface area contributed by atoms with Crippen LogP contribution in [0.25, 0.3) is 22.4 Å². The van der Waals surface area contributed by atoms with Crippen LogP contribution in [-0.4, -0.2) is 42.2 Å². The number of tetrazole rings is 1. The molecule has 0 radical (unpaired) electrons. The molecular formula is C20H20ClN7O. The lowest BCUT2D eigenvalue weighted by Gasteiger charge is -2.08. The first-order valence-corrected chi connectivity index (χ1v) is 9.70. The number of aryl methyl sites for hydroxylation is 2. The summed E-state index contributed by atoms with van der Waals surface area (Å²) >= 11 is 5.88. The highest BCUT2D eigenvalue weighted by Crippen LogP contribution is 2.17. The number of benzene rings is 2. The summed E-state index contributed by atoms with van der Waals surface area (Å²) < 4.78 is 2.17. The van der Waals surface area contributed by atoms with Gasteiger partial charge in [-0.15, -0.1) is 10.2 Å². The number of halogens is 1. The molecule has 0 aliphatic carbocycles. The molecule has 0 fully saturated rings. The van der Waals surface area contributed by atoms with Gasteiger partial charge in [-0.3, -0.25) is 4.79 Å². The van der Waals surface area contributed by atoms with Gasteiger partial charge >= 0.3 is 0 Å². The lowest BCUT2D eigenvalue weighted by Crippen LogP contribution is -2.29. The number of nitrogens with one attached hydrogen (secondary N) is 1. The summed E-state index contributed by atoms with van der Waals surface area (Å²) in [5.41, 5.74) is 2.89. The molecule has 0 unspecified atom stereocenters. The van der Waals surface area contributed by atoms with Gasteiger partial charge < -0.3 is 9.88 Å². The zero-order chi connectivity index (χ0) is 20.2. The number of hydrogen-bond donors (Lipinski definition) is 1. The number of rotatable bonds is 7. The van der Waals surface area contributed by atoms with Crippen molar-refractivity contribution in [3.8, 4) is 11.4 Å². The van der Waals surface area contributed by atoms with E-state index >= 15 is 0 Å². The molecule has 148 valence electrons. The van der Waals surface area contributed by atoms with Crippen LogP contribution >= 0.6 is 11.6 Å². The van der Waals surface area contributed by atoms with Crippen LogP contribution in [0.5, 0.6) is 0 Å². The molecule has 0 bridgehead atoms. The molecule has 2 aromatic heterocycles.